The Hall–Kier alpha value is -1.51. The van der Waals surface area contributed by atoms with Crippen molar-refractivity contribution in [3.8, 4) is 0 Å². The standard InChI is InChI=1S/C12H14FN3O2S2/c1-7-6-15-12(19-7)8(2)16-20(17,18)11-4-3-9(14)5-10(11)13/h3-6,8,16H,14H2,1-2H3. The van der Waals surface area contributed by atoms with Crippen LogP contribution in [0.15, 0.2) is 29.3 Å². The molecule has 0 amide bonds. The highest BCUT2D eigenvalue weighted by Gasteiger charge is 2.23. The third-order valence-corrected chi connectivity index (χ3v) is 5.26. The van der Waals surface area contributed by atoms with Crippen LogP contribution in [0.2, 0.25) is 0 Å². The van der Waals surface area contributed by atoms with Gasteiger partial charge in [0.25, 0.3) is 0 Å². The van der Waals surface area contributed by atoms with Gasteiger partial charge in [0, 0.05) is 16.8 Å². The van der Waals surface area contributed by atoms with Crippen molar-refractivity contribution in [3.05, 3.63) is 40.1 Å². The number of halogens is 1. The number of aryl methyl sites for hydroxylation is 1. The first-order chi connectivity index (χ1) is 9.29. The predicted octanol–water partition coefficient (Wildman–Crippen LogP) is 2.21. The molecule has 5 nitrogen and oxygen atoms in total. The monoisotopic (exact) mass is 315 g/mol. The fourth-order valence-electron chi connectivity index (χ4n) is 1.65. The molecule has 0 aliphatic carbocycles. The van der Waals surface area contributed by atoms with Gasteiger partial charge in [0.05, 0.1) is 6.04 Å². The first kappa shape index (κ1) is 14.9. The summed E-state index contributed by atoms with van der Waals surface area (Å²) in [6.07, 6.45) is 1.66. The minimum absolute atomic E-state index is 0.171. The fraction of sp³-hybridized carbons (Fsp3) is 0.250. The second-order valence-corrected chi connectivity index (χ2v) is 7.29. The van der Waals surface area contributed by atoms with Crippen molar-refractivity contribution in [1.29, 1.82) is 0 Å². The van der Waals surface area contributed by atoms with Gasteiger partial charge in [-0.25, -0.2) is 22.5 Å². The van der Waals surface area contributed by atoms with Gasteiger partial charge in [-0.15, -0.1) is 11.3 Å². The molecule has 1 unspecified atom stereocenters. The van der Waals surface area contributed by atoms with Crippen LogP contribution in [0.4, 0.5) is 10.1 Å². The van der Waals surface area contributed by atoms with Crippen LogP contribution in [0, 0.1) is 12.7 Å². The van der Waals surface area contributed by atoms with Gasteiger partial charge in [-0.2, -0.15) is 0 Å². The van der Waals surface area contributed by atoms with E-state index in [0.717, 1.165) is 17.0 Å². The van der Waals surface area contributed by atoms with E-state index < -0.39 is 26.8 Å². The molecule has 0 saturated heterocycles. The van der Waals surface area contributed by atoms with Gasteiger partial charge < -0.3 is 5.73 Å². The first-order valence-corrected chi connectivity index (χ1v) is 8.09. The van der Waals surface area contributed by atoms with Crippen molar-refractivity contribution in [2.24, 2.45) is 0 Å². The van der Waals surface area contributed by atoms with Crippen molar-refractivity contribution in [1.82, 2.24) is 9.71 Å². The van der Waals surface area contributed by atoms with E-state index in [9.17, 15) is 12.8 Å². The number of nitrogens with two attached hydrogens (primary N) is 1. The van der Waals surface area contributed by atoms with Gasteiger partial charge in [-0.3, -0.25) is 0 Å². The van der Waals surface area contributed by atoms with Crippen LogP contribution in [0.5, 0.6) is 0 Å². The van der Waals surface area contributed by atoms with Gasteiger partial charge in [-0.05, 0) is 32.0 Å². The van der Waals surface area contributed by atoms with E-state index in [-0.39, 0.29) is 5.69 Å². The smallest absolute Gasteiger partial charge is 0.244 e. The van der Waals surface area contributed by atoms with Crippen molar-refractivity contribution in [2.75, 3.05) is 5.73 Å². The lowest BCUT2D eigenvalue weighted by Gasteiger charge is -2.12. The lowest BCUT2D eigenvalue weighted by atomic mass is 10.3. The average molecular weight is 315 g/mol. The van der Waals surface area contributed by atoms with E-state index in [1.165, 1.54) is 17.4 Å². The van der Waals surface area contributed by atoms with Gasteiger partial charge >= 0.3 is 0 Å². The molecule has 0 fully saturated rings. The van der Waals surface area contributed by atoms with Crippen molar-refractivity contribution < 1.29 is 12.8 Å². The Labute approximate surface area is 120 Å². The number of thiazole rings is 1. The van der Waals surface area contributed by atoms with Gasteiger partial charge in [0.2, 0.25) is 10.0 Å². The maximum absolute atomic E-state index is 13.7. The van der Waals surface area contributed by atoms with Crippen LogP contribution < -0.4 is 10.5 Å². The molecule has 0 spiro atoms. The third-order valence-electron chi connectivity index (χ3n) is 2.59. The summed E-state index contributed by atoms with van der Waals surface area (Å²) in [5.74, 6) is -0.875. The maximum Gasteiger partial charge on any atom is 0.244 e. The SMILES string of the molecule is Cc1cnc(C(C)NS(=O)(=O)c2ccc(N)cc2F)s1. The molecular weight excluding hydrogens is 301 g/mol. The molecule has 2 rings (SSSR count). The molecule has 0 saturated carbocycles. The van der Waals surface area contributed by atoms with Gasteiger partial charge in [-0.1, -0.05) is 0 Å². The lowest BCUT2D eigenvalue weighted by Crippen LogP contribution is -2.27. The number of rotatable bonds is 4. The molecule has 1 heterocycles. The van der Waals surface area contributed by atoms with E-state index in [1.54, 1.807) is 13.1 Å². The molecule has 3 N–H and O–H groups in total. The molecule has 20 heavy (non-hydrogen) atoms. The molecular formula is C12H14FN3O2S2. The molecule has 1 aromatic heterocycles. The summed E-state index contributed by atoms with van der Waals surface area (Å²) >= 11 is 1.39. The number of hydrogen-bond donors (Lipinski definition) is 2. The van der Waals surface area contributed by atoms with E-state index in [1.807, 2.05) is 6.92 Å². The zero-order valence-corrected chi connectivity index (χ0v) is 12.6. The Bertz CT molecular complexity index is 728. The maximum atomic E-state index is 13.7. The van der Waals surface area contributed by atoms with E-state index in [0.29, 0.717) is 5.01 Å². The number of sulfonamides is 1. The average Bonchev–Trinajstić information content (AvgIpc) is 2.74. The highest BCUT2D eigenvalue weighted by atomic mass is 32.2. The summed E-state index contributed by atoms with van der Waals surface area (Å²) in [5.41, 5.74) is 5.57. The number of aromatic nitrogens is 1. The van der Waals surface area contributed by atoms with Crippen molar-refractivity contribution in [3.63, 3.8) is 0 Å². The highest BCUT2D eigenvalue weighted by molar-refractivity contribution is 7.89. The number of nitrogen functional groups attached to an aromatic ring is 1. The molecule has 108 valence electrons. The largest absolute Gasteiger partial charge is 0.399 e. The Morgan fingerprint density at radius 3 is 2.70 bits per heavy atom. The summed E-state index contributed by atoms with van der Waals surface area (Å²) in [6, 6.07) is 2.94. The Kier molecular flexibility index (Phi) is 4.07. The van der Waals surface area contributed by atoms with Gasteiger partial charge in [0.1, 0.15) is 15.7 Å². The minimum atomic E-state index is -3.96. The predicted molar refractivity (Wildman–Crippen MR) is 76.4 cm³/mol. The van der Waals surface area contributed by atoms with Crippen LogP contribution in [-0.4, -0.2) is 13.4 Å². The number of anilines is 1. The molecule has 8 heteroatoms. The molecule has 0 aliphatic rings. The number of benzene rings is 1. The quantitative estimate of drug-likeness (QED) is 0.847. The molecule has 1 atom stereocenters. The van der Waals surface area contributed by atoms with Crippen LogP contribution in [0.1, 0.15) is 22.9 Å². The second kappa shape index (κ2) is 5.47. The lowest BCUT2D eigenvalue weighted by molar-refractivity contribution is 0.547. The van der Waals surface area contributed by atoms with E-state index >= 15 is 0 Å². The van der Waals surface area contributed by atoms with E-state index in [4.69, 9.17) is 5.73 Å². The Morgan fingerprint density at radius 1 is 1.45 bits per heavy atom. The molecule has 0 bridgehead atoms. The van der Waals surface area contributed by atoms with Crippen LogP contribution in [0.3, 0.4) is 0 Å². The normalized spacial score (nSPS) is 13.3. The molecule has 0 aliphatic heterocycles. The Morgan fingerprint density at radius 2 is 2.15 bits per heavy atom. The summed E-state index contributed by atoms with van der Waals surface area (Å²) < 4.78 is 40.4. The number of hydrogen-bond acceptors (Lipinski definition) is 5. The van der Waals surface area contributed by atoms with Crippen molar-refractivity contribution in [2.45, 2.75) is 24.8 Å². The Balaban J connectivity index is 2.27. The summed E-state index contributed by atoms with van der Waals surface area (Å²) in [7, 11) is -3.96. The summed E-state index contributed by atoms with van der Waals surface area (Å²) in [5, 5.41) is 0.627. The number of nitrogens with zero attached hydrogens (tertiary/aromatic N) is 1. The summed E-state index contributed by atoms with van der Waals surface area (Å²) in [6.45, 7) is 3.53. The third kappa shape index (κ3) is 3.14. The fourth-order valence-corrected chi connectivity index (χ4v) is 3.77. The molecule has 0 radical (unpaired) electrons. The highest BCUT2D eigenvalue weighted by Crippen LogP contribution is 2.23. The zero-order chi connectivity index (χ0) is 14.9. The first-order valence-electron chi connectivity index (χ1n) is 5.79. The van der Waals surface area contributed by atoms with Gasteiger partial charge in [0.15, 0.2) is 0 Å². The molecule has 2 aromatic rings. The van der Waals surface area contributed by atoms with Crippen LogP contribution >= 0.6 is 11.3 Å². The minimum Gasteiger partial charge on any atom is -0.399 e. The zero-order valence-electron chi connectivity index (χ0n) is 10.9. The molecule has 1 aromatic carbocycles. The number of nitrogens with one attached hydrogen (secondary N) is 1. The van der Waals surface area contributed by atoms with Crippen LogP contribution in [-0.2, 0) is 10.0 Å². The van der Waals surface area contributed by atoms with Crippen LogP contribution in [0.25, 0.3) is 0 Å². The van der Waals surface area contributed by atoms with E-state index in [2.05, 4.69) is 9.71 Å². The van der Waals surface area contributed by atoms with Crippen molar-refractivity contribution >= 4 is 27.0 Å². The second-order valence-electron chi connectivity index (χ2n) is 4.34. The summed E-state index contributed by atoms with van der Waals surface area (Å²) in [4.78, 5) is 4.66. The topological polar surface area (TPSA) is 85.1 Å².